The largest absolute Gasteiger partial charge is 0.497 e. The first kappa shape index (κ1) is 23.7. The van der Waals surface area contributed by atoms with Crippen LogP contribution < -0.4 is 20.7 Å². The fourth-order valence-corrected chi connectivity index (χ4v) is 4.05. The molecule has 2 unspecified atom stereocenters. The van der Waals surface area contributed by atoms with E-state index in [1.807, 2.05) is 50.2 Å². The van der Waals surface area contributed by atoms with E-state index in [1.165, 1.54) is 11.3 Å². The topological polar surface area (TPSA) is 105 Å². The fraction of sp³-hybridized carbons (Fsp3) is 0.273. The lowest BCUT2D eigenvalue weighted by Crippen LogP contribution is -2.49. The monoisotopic (exact) mass is 517 g/mol. The van der Waals surface area contributed by atoms with E-state index in [2.05, 4.69) is 42.1 Å². The summed E-state index contributed by atoms with van der Waals surface area (Å²) < 4.78 is 6.08. The van der Waals surface area contributed by atoms with Gasteiger partial charge in [-0.15, -0.1) is 10.2 Å². The third-order valence-corrected chi connectivity index (χ3v) is 6.22. The third-order valence-electron chi connectivity index (χ3n) is 4.84. The van der Waals surface area contributed by atoms with E-state index in [-0.39, 0.29) is 11.8 Å². The number of aromatic nitrogens is 2. The van der Waals surface area contributed by atoms with Crippen molar-refractivity contribution in [1.29, 1.82) is 0 Å². The van der Waals surface area contributed by atoms with Gasteiger partial charge in [-0.25, -0.2) is 4.79 Å². The van der Waals surface area contributed by atoms with Crippen LogP contribution >= 0.6 is 27.3 Å². The number of anilines is 2. The minimum absolute atomic E-state index is 0.0889. The van der Waals surface area contributed by atoms with Gasteiger partial charge in [0.2, 0.25) is 11.0 Å². The van der Waals surface area contributed by atoms with Gasteiger partial charge in [0.15, 0.2) is 0 Å². The summed E-state index contributed by atoms with van der Waals surface area (Å²) >= 11 is 4.62. The zero-order valence-electron chi connectivity index (χ0n) is 17.9. The number of amides is 3. The predicted octanol–water partition coefficient (Wildman–Crippen LogP) is 5.15. The summed E-state index contributed by atoms with van der Waals surface area (Å²) in [5.74, 6) is 0.270. The molecule has 1 heterocycles. The van der Waals surface area contributed by atoms with Gasteiger partial charge in [-0.1, -0.05) is 65.7 Å². The summed E-state index contributed by atoms with van der Waals surface area (Å²) in [6, 6.07) is 13.5. The lowest BCUT2D eigenvalue weighted by atomic mass is 9.98. The molecule has 0 radical (unpaired) electrons. The van der Waals surface area contributed by atoms with Crippen LogP contribution in [0.15, 0.2) is 53.0 Å². The van der Waals surface area contributed by atoms with E-state index in [4.69, 9.17) is 4.74 Å². The van der Waals surface area contributed by atoms with Crippen molar-refractivity contribution in [1.82, 2.24) is 15.5 Å². The molecular formula is C22H24BrN5O3S. The molecule has 0 spiro atoms. The molecular weight excluding hydrogens is 494 g/mol. The van der Waals surface area contributed by atoms with Gasteiger partial charge in [0.1, 0.15) is 16.8 Å². The number of hydrogen-bond donors (Lipinski definition) is 3. The van der Waals surface area contributed by atoms with Crippen molar-refractivity contribution >= 4 is 50.0 Å². The molecule has 3 rings (SSSR count). The van der Waals surface area contributed by atoms with E-state index >= 15 is 0 Å². The molecule has 0 fully saturated rings. The van der Waals surface area contributed by atoms with Crippen molar-refractivity contribution in [2.24, 2.45) is 5.92 Å². The van der Waals surface area contributed by atoms with Gasteiger partial charge < -0.3 is 15.4 Å². The van der Waals surface area contributed by atoms with E-state index in [0.29, 0.717) is 28.0 Å². The summed E-state index contributed by atoms with van der Waals surface area (Å²) in [6.45, 7) is 3.87. The number of ether oxygens (including phenoxy) is 1. The number of carbonyl (C=O) groups excluding carboxylic acids is 2. The summed E-state index contributed by atoms with van der Waals surface area (Å²) in [4.78, 5) is 25.5. The van der Waals surface area contributed by atoms with Crippen LogP contribution in [0.5, 0.6) is 5.75 Å². The van der Waals surface area contributed by atoms with Gasteiger partial charge in [-0.2, -0.15) is 0 Å². The van der Waals surface area contributed by atoms with Crippen LogP contribution in [-0.4, -0.2) is 35.3 Å². The molecule has 0 aliphatic carbocycles. The normalized spacial score (nSPS) is 12.5. The lowest BCUT2D eigenvalue weighted by molar-refractivity contribution is -0.119. The highest BCUT2D eigenvalue weighted by Gasteiger charge is 2.27. The van der Waals surface area contributed by atoms with Crippen LogP contribution in [0.25, 0.3) is 10.6 Å². The molecule has 1 aromatic heterocycles. The SMILES string of the molecule is CCC(C)C(NC(=O)Nc1cccc(Br)c1)C(=O)Nc1nnc(-c2cccc(OC)c2)s1. The fourth-order valence-electron chi connectivity index (χ4n) is 2.91. The Labute approximate surface area is 198 Å². The van der Waals surface area contributed by atoms with E-state index < -0.39 is 12.1 Å². The maximum absolute atomic E-state index is 13.0. The molecule has 8 nitrogen and oxygen atoms in total. The third kappa shape index (κ3) is 6.27. The first-order valence-electron chi connectivity index (χ1n) is 10.0. The number of rotatable bonds is 8. The maximum Gasteiger partial charge on any atom is 0.319 e. The lowest BCUT2D eigenvalue weighted by Gasteiger charge is -2.23. The number of nitrogens with one attached hydrogen (secondary N) is 3. The van der Waals surface area contributed by atoms with Crippen LogP contribution in [0, 0.1) is 5.92 Å². The number of hydrogen-bond acceptors (Lipinski definition) is 6. The highest BCUT2D eigenvalue weighted by atomic mass is 79.9. The Bertz CT molecular complexity index is 1090. The van der Waals surface area contributed by atoms with Crippen LogP contribution in [0.4, 0.5) is 15.6 Å². The van der Waals surface area contributed by atoms with Gasteiger partial charge in [0.25, 0.3) is 0 Å². The Hall–Kier alpha value is -2.98. The smallest absolute Gasteiger partial charge is 0.319 e. The van der Waals surface area contributed by atoms with Crippen LogP contribution in [0.1, 0.15) is 20.3 Å². The minimum atomic E-state index is -0.740. The van der Waals surface area contributed by atoms with Crippen molar-refractivity contribution in [3.05, 3.63) is 53.0 Å². The average molecular weight is 518 g/mol. The molecule has 2 aromatic carbocycles. The zero-order chi connectivity index (χ0) is 23.1. The van der Waals surface area contributed by atoms with Gasteiger partial charge in [0, 0.05) is 15.7 Å². The number of carbonyl (C=O) groups is 2. The number of halogens is 1. The zero-order valence-corrected chi connectivity index (χ0v) is 20.3. The maximum atomic E-state index is 13.0. The molecule has 10 heteroatoms. The van der Waals surface area contributed by atoms with Crippen molar-refractivity contribution in [3.63, 3.8) is 0 Å². The van der Waals surface area contributed by atoms with E-state index in [9.17, 15) is 9.59 Å². The highest BCUT2D eigenvalue weighted by Crippen LogP contribution is 2.29. The Kier molecular flexibility index (Phi) is 8.18. The van der Waals surface area contributed by atoms with Crippen molar-refractivity contribution in [3.8, 4) is 16.3 Å². The van der Waals surface area contributed by atoms with E-state index in [1.54, 1.807) is 19.2 Å². The second kappa shape index (κ2) is 11.1. The van der Waals surface area contributed by atoms with Crippen molar-refractivity contribution in [2.75, 3.05) is 17.7 Å². The number of urea groups is 1. The summed E-state index contributed by atoms with van der Waals surface area (Å²) in [7, 11) is 1.60. The van der Waals surface area contributed by atoms with Gasteiger partial charge >= 0.3 is 6.03 Å². The molecule has 168 valence electrons. The molecule has 0 aliphatic heterocycles. The van der Waals surface area contributed by atoms with Gasteiger partial charge in [-0.05, 0) is 36.2 Å². The number of methoxy groups -OCH3 is 1. The molecule has 0 saturated carbocycles. The Morgan fingerprint density at radius 1 is 1.12 bits per heavy atom. The van der Waals surface area contributed by atoms with Gasteiger partial charge in [-0.3, -0.25) is 10.1 Å². The Morgan fingerprint density at radius 3 is 2.62 bits per heavy atom. The molecule has 3 N–H and O–H groups in total. The van der Waals surface area contributed by atoms with Gasteiger partial charge in [0.05, 0.1) is 7.11 Å². The van der Waals surface area contributed by atoms with E-state index in [0.717, 1.165) is 10.0 Å². The molecule has 2 atom stereocenters. The molecule has 3 aromatic rings. The second-order valence-electron chi connectivity index (χ2n) is 7.11. The second-order valence-corrected chi connectivity index (χ2v) is 9.00. The predicted molar refractivity (Wildman–Crippen MR) is 130 cm³/mol. The van der Waals surface area contributed by atoms with Crippen LogP contribution in [-0.2, 0) is 4.79 Å². The highest BCUT2D eigenvalue weighted by molar-refractivity contribution is 9.10. The molecule has 3 amide bonds. The number of nitrogens with zero attached hydrogens (tertiary/aromatic N) is 2. The first-order valence-corrected chi connectivity index (χ1v) is 11.6. The number of benzene rings is 2. The molecule has 0 bridgehead atoms. The quantitative estimate of drug-likeness (QED) is 0.383. The van der Waals surface area contributed by atoms with Crippen molar-refractivity contribution in [2.45, 2.75) is 26.3 Å². The van der Waals surface area contributed by atoms with Crippen LogP contribution in [0.2, 0.25) is 0 Å². The minimum Gasteiger partial charge on any atom is -0.497 e. The van der Waals surface area contributed by atoms with Crippen molar-refractivity contribution < 1.29 is 14.3 Å². The average Bonchev–Trinajstić information content (AvgIpc) is 3.25. The van der Waals surface area contributed by atoms with Crippen LogP contribution in [0.3, 0.4) is 0 Å². The summed E-state index contributed by atoms with van der Waals surface area (Å²) in [6.07, 6.45) is 0.709. The molecule has 0 aliphatic rings. The summed E-state index contributed by atoms with van der Waals surface area (Å²) in [5.41, 5.74) is 1.46. The standard InChI is InChI=1S/C22H24BrN5O3S/c1-4-13(2)18(25-21(30)24-16-9-6-8-15(23)12-16)19(29)26-22-28-27-20(32-22)14-7-5-10-17(11-14)31-3/h5-13,18H,4H2,1-3H3,(H2,24,25,30)(H,26,28,29). The summed E-state index contributed by atoms with van der Waals surface area (Å²) in [5, 5.41) is 17.5. The molecule has 0 saturated heterocycles. The molecule has 32 heavy (non-hydrogen) atoms. The first-order chi connectivity index (χ1) is 15.4. The Balaban J connectivity index is 1.68. The Morgan fingerprint density at radius 2 is 1.91 bits per heavy atom.